The average molecular weight is 439 g/mol. The molecule has 3 aromatic rings. The number of aromatic nitrogens is 1. The Labute approximate surface area is 185 Å². The summed E-state index contributed by atoms with van der Waals surface area (Å²) in [7, 11) is 0. The zero-order valence-corrected chi connectivity index (χ0v) is 17.9. The van der Waals surface area contributed by atoms with Crippen molar-refractivity contribution in [3.63, 3.8) is 0 Å². The molecule has 0 aliphatic heterocycles. The van der Waals surface area contributed by atoms with Crippen LogP contribution >= 0.6 is 0 Å². The highest BCUT2D eigenvalue weighted by atomic mass is 19.1. The first kappa shape index (κ1) is 22.8. The highest BCUT2D eigenvalue weighted by Gasteiger charge is 2.07. The Hall–Kier alpha value is -3.88. The summed E-state index contributed by atoms with van der Waals surface area (Å²) in [5.41, 5.74) is 8.35. The van der Waals surface area contributed by atoms with Gasteiger partial charge < -0.3 is 26.7 Å². The van der Waals surface area contributed by atoms with Crippen LogP contribution in [0.5, 0.6) is 0 Å². The second-order valence-electron chi connectivity index (χ2n) is 7.22. The first-order valence-corrected chi connectivity index (χ1v) is 10.4. The first-order valence-electron chi connectivity index (χ1n) is 10.4. The van der Waals surface area contributed by atoms with Gasteiger partial charge in [0.2, 0.25) is 5.91 Å². The number of nitrogens with one attached hydrogen (secondary N) is 4. The number of carbonyl (C=O) groups is 2. The van der Waals surface area contributed by atoms with Gasteiger partial charge in [0.1, 0.15) is 5.82 Å². The van der Waals surface area contributed by atoms with Crippen LogP contribution in [-0.2, 0) is 17.8 Å². The highest BCUT2D eigenvalue weighted by molar-refractivity contribution is 5.96. The summed E-state index contributed by atoms with van der Waals surface area (Å²) in [5.74, 6) is -0.532. The van der Waals surface area contributed by atoms with Gasteiger partial charge in [0, 0.05) is 35.8 Å². The van der Waals surface area contributed by atoms with Crippen molar-refractivity contribution in [2.75, 3.05) is 19.6 Å². The molecule has 0 saturated heterocycles. The van der Waals surface area contributed by atoms with E-state index in [0.29, 0.717) is 37.6 Å². The Balaban J connectivity index is 1.55. The van der Waals surface area contributed by atoms with Gasteiger partial charge in [-0.1, -0.05) is 12.1 Å². The smallest absolute Gasteiger partial charge is 0.251 e. The average Bonchev–Trinajstić information content (AvgIpc) is 3.18. The molecule has 0 bridgehead atoms. The van der Waals surface area contributed by atoms with Crippen molar-refractivity contribution in [1.82, 2.24) is 20.9 Å². The van der Waals surface area contributed by atoms with E-state index >= 15 is 0 Å². The molecule has 0 saturated carbocycles. The molecule has 9 heteroatoms. The normalized spacial score (nSPS) is 11.4. The van der Waals surface area contributed by atoms with E-state index in [1.165, 1.54) is 12.1 Å². The third-order valence-electron chi connectivity index (χ3n) is 4.82. The largest absolute Gasteiger partial charge is 0.368 e. The van der Waals surface area contributed by atoms with Crippen molar-refractivity contribution in [3.8, 4) is 0 Å². The van der Waals surface area contributed by atoms with Gasteiger partial charge in [-0.15, -0.1) is 0 Å². The molecule has 6 N–H and O–H groups in total. The van der Waals surface area contributed by atoms with Crippen molar-refractivity contribution in [2.45, 2.75) is 19.9 Å². The van der Waals surface area contributed by atoms with Crippen molar-refractivity contribution in [2.24, 2.45) is 10.7 Å². The number of nitrogens with two attached hydrogens (primary N) is 1. The molecule has 3 rings (SSSR count). The zero-order valence-electron chi connectivity index (χ0n) is 17.9. The zero-order chi connectivity index (χ0) is 22.9. The van der Waals surface area contributed by atoms with Gasteiger partial charge in [-0.25, -0.2) is 9.38 Å². The van der Waals surface area contributed by atoms with Crippen LogP contribution in [0, 0.1) is 5.82 Å². The van der Waals surface area contributed by atoms with Gasteiger partial charge in [0.05, 0.1) is 13.1 Å². The lowest BCUT2D eigenvalue weighted by Gasteiger charge is -2.11. The predicted octanol–water partition coefficient (Wildman–Crippen LogP) is 1.82. The molecule has 1 aromatic heterocycles. The Bertz CT molecular complexity index is 1110. The Kier molecular flexibility index (Phi) is 7.80. The molecular weight excluding hydrogens is 411 g/mol. The Morgan fingerprint density at radius 3 is 2.59 bits per heavy atom. The van der Waals surface area contributed by atoms with Gasteiger partial charge in [0.25, 0.3) is 5.91 Å². The SMILES string of the molecule is CCNC(=NCc1ccc(C(=O)NCC(N)=O)cc1)NCCc1c[nH]c2ccc(F)cc12. The number of aromatic amines is 1. The highest BCUT2D eigenvalue weighted by Crippen LogP contribution is 2.19. The number of primary amides is 1. The van der Waals surface area contributed by atoms with Crippen LogP contribution in [0.1, 0.15) is 28.4 Å². The molecule has 0 spiro atoms. The number of fused-ring (bicyclic) bond motifs is 1. The van der Waals surface area contributed by atoms with Crippen LogP contribution < -0.4 is 21.7 Å². The predicted molar refractivity (Wildman–Crippen MR) is 123 cm³/mol. The maximum atomic E-state index is 13.5. The third kappa shape index (κ3) is 6.31. The van der Waals surface area contributed by atoms with E-state index < -0.39 is 5.91 Å². The maximum absolute atomic E-state index is 13.5. The summed E-state index contributed by atoms with van der Waals surface area (Å²) in [6.07, 6.45) is 2.61. The number of rotatable bonds is 9. The van der Waals surface area contributed by atoms with E-state index in [9.17, 15) is 14.0 Å². The number of nitrogens with zero attached hydrogens (tertiary/aromatic N) is 1. The van der Waals surface area contributed by atoms with E-state index in [1.54, 1.807) is 18.2 Å². The number of hydrogen-bond acceptors (Lipinski definition) is 3. The number of halogens is 1. The van der Waals surface area contributed by atoms with Crippen molar-refractivity contribution in [3.05, 3.63) is 71.2 Å². The summed E-state index contributed by atoms with van der Waals surface area (Å²) >= 11 is 0. The lowest BCUT2D eigenvalue weighted by molar-refractivity contribution is -0.117. The monoisotopic (exact) mass is 438 g/mol. The van der Waals surface area contributed by atoms with Gasteiger partial charge in [0.15, 0.2) is 5.96 Å². The third-order valence-corrected chi connectivity index (χ3v) is 4.82. The quantitative estimate of drug-likeness (QED) is 0.258. The molecule has 1 heterocycles. The van der Waals surface area contributed by atoms with Crippen LogP contribution in [0.4, 0.5) is 4.39 Å². The molecule has 0 aliphatic carbocycles. The number of hydrogen-bond donors (Lipinski definition) is 5. The summed E-state index contributed by atoms with van der Waals surface area (Å²) in [6.45, 7) is 3.56. The van der Waals surface area contributed by atoms with Crippen molar-refractivity contribution >= 4 is 28.7 Å². The second kappa shape index (κ2) is 10.9. The number of amides is 2. The molecule has 0 atom stereocenters. The molecule has 2 aromatic carbocycles. The molecule has 0 radical (unpaired) electrons. The lowest BCUT2D eigenvalue weighted by Crippen LogP contribution is -2.38. The molecule has 0 unspecified atom stereocenters. The van der Waals surface area contributed by atoms with Gasteiger partial charge in [-0.05, 0) is 54.8 Å². The first-order chi connectivity index (χ1) is 15.5. The molecule has 32 heavy (non-hydrogen) atoms. The minimum absolute atomic E-state index is 0.198. The van der Waals surface area contributed by atoms with Crippen LogP contribution in [0.2, 0.25) is 0 Å². The van der Waals surface area contributed by atoms with Crippen LogP contribution in [-0.4, -0.2) is 42.4 Å². The molecule has 0 fully saturated rings. The second-order valence-corrected chi connectivity index (χ2v) is 7.22. The standard InChI is InChI=1S/C23H27FN6O2/c1-2-26-23(27-10-9-17-13-28-20-8-7-18(24)11-19(17)20)30-12-15-3-5-16(6-4-15)22(32)29-14-21(25)31/h3-8,11,13,28H,2,9-10,12,14H2,1H3,(H2,25,31)(H,29,32)(H2,26,27,30). The number of guanidine groups is 1. The fraction of sp³-hybridized carbons (Fsp3) is 0.261. The Morgan fingerprint density at radius 1 is 1.09 bits per heavy atom. The number of carbonyl (C=O) groups excluding carboxylic acids is 2. The Morgan fingerprint density at radius 2 is 1.88 bits per heavy atom. The van der Waals surface area contributed by atoms with E-state index in [0.717, 1.165) is 22.0 Å². The molecular formula is C23H27FN6O2. The van der Waals surface area contributed by atoms with Crippen molar-refractivity contribution in [1.29, 1.82) is 0 Å². The van der Waals surface area contributed by atoms with Gasteiger partial charge >= 0.3 is 0 Å². The maximum Gasteiger partial charge on any atom is 0.251 e. The molecule has 8 nitrogen and oxygen atoms in total. The molecule has 2 amide bonds. The van der Waals surface area contributed by atoms with Crippen LogP contribution in [0.25, 0.3) is 10.9 Å². The van der Waals surface area contributed by atoms with Gasteiger partial charge in [-0.2, -0.15) is 0 Å². The minimum atomic E-state index is -0.593. The fourth-order valence-electron chi connectivity index (χ4n) is 3.22. The number of aliphatic imine (C=N–C) groups is 1. The summed E-state index contributed by atoms with van der Waals surface area (Å²) in [4.78, 5) is 30.4. The van der Waals surface area contributed by atoms with E-state index in [1.807, 2.05) is 25.3 Å². The van der Waals surface area contributed by atoms with Crippen LogP contribution in [0.3, 0.4) is 0 Å². The number of benzene rings is 2. The number of H-pyrrole nitrogens is 1. The van der Waals surface area contributed by atoms with E-state index in [4.69, 9.17) is 5.73 Å². The molecule has 168 valence electrons. The summed E-state index contributed by atoms with van der Waals surface area (Å²) in [6, 6.07) is 11.7. The summed E-state index contributed by atoms with van der Waals surface area (Å²) in [5, 5.41) is 9.82. The molecule has 0 aliphatic rings. The lowest BCUT2D eigenvalue weighted by atomic mass is 10.1. The van der Waals surface area contributed by atoms with Gasteiger partial charge in [-0.3, -0.25) is 9.59 Å². The minimum Gasteiger partial charge on any atom is -0.368 e. The summed E-state index contributed by atoms with van der Waals surface area (Å²) < 4.78 is 13.5. The van der Waals surface area contributed by atoms with Crippen LogP contribution in [0.15, 0.2) is 53.7 Å². The topological polar surface area (TPSA) is 124 Å². The van der Waals surface area contributed by atoms with E-state index in [2.05, 4.69) is 25.9 Å². The fourth-order valence-corrected chi connectivity index (χ4v) is 3.22. The van der Waals surface area contributed by atoms with E-state index in [-0.39, 0.29) is 18.3 Å². The van der Waals surface area contributed by atoms with Crippen molar-refractivity contribution < 1.29 is 14.0 Å².